The summed E-state index contributed by atoms with van der Waals surface area (Å²) in [4.78, 5) is 2.29. The van der Waals surface area contributed by atoms with Crippen LogP contribution in [0.4, 0.5) is 0 Å². The van der Waals surface area contributed by atoms with Crippen molar-refractivity contribution in [3.05, 3.63) is 0 Å². The van der Waals surface area contributed by atoms with Gasteiger partial charge in [0, 0.05) is 32.2 Å². The van der Waals surface area contributed by atoms with E-state index < -0.39 is 10.0 Å². The summed E-state index contributed by atoms with van der Waals surface area (Å²) in [5, 5.41) is 10.3. The van der Waals surface area contributed by atoms with Crippen molar-refractivity contribution in [3.8, 4) is 0 Å². The van der Waals surface area contributed by atoms with Crippen LogP contribution in [-0.4, -0.2) is 67.3 Å². The molecule has 0 spiro atoms. The van der Waals surface area contributed by atoms with Crippen LogP contribution in [0.15, 0.2) is 0 Å². The number of hydrogen-bond donors (Lipinski definition) is 1. The molecule has 6 heteroatoms. The zero-order chi connectivity index (χ0) is 13.9. The maximum Gasteiger partial charge on any atom is 0.211 e. The van der Waals surface area contributed by atoms with Crippen LogP contribution in [0.25, 0.3) is 0 Å². The van der Waals surface area contributed by atoms with Gasteiger partial charge in [0.15, 0.2) is 0 Å². The lowest BCUT2D eigenvalue weighted by atomic mass is 9.93. The summed E-state index contributed by atoms with van der Waals surface area (Å²) in [6.45, 7) is 2.60. The lowest BCUT2D eigenvalue weighted by molar-refractivity contribution is 0.0167. The number of aliphatic hydroxyl groups is 1. The fraction of sp³-hybridized carbons (Fsp3) is 1.00. The first kappa shape index (κ1) is 15.2. The second-order valence-electron chi connectivity index (χ2n) is 5.82. The molecule has 5 nitrogen and oxygen atoms in total. The fourth-order valence-corrected chi connectivity index (χ4v) is 4.06. The van der Waals surface area contributed by atoms with E-state index in [2.05, 4.69) is 4.90 Å². The predicted molar refractivity (Wildman–Crippen MR) is 75.5 cm³/mol. The molecule has 2 rings (SSSR count). The van der Waals surface area contributed by atoms with Crippen LogP contribution in [0, 0.1) is 0 Å². The predicted octanol–water partition coefficient (Wildman–Crippen LogP) is 0.647. The van der Waals surface area contributed by atoms with Gasteiger partial charge in [-0.05, 0) is 12.8 Å². The molecule has 0 aromatic rings. The normalized spacial score (nSPS) is 32.7. The average molecular weight is 290 g/mol. The van der Waals surface area contributed by atoms with Gasteiger partial charge in [-0.15, -0.1) is 0 Å². The van der Waals surface area contributed by atoms with E-state index in [4.69, 9.17) is 0 Å². The smallest absolute Gasteiger partial charge is 0.211 e. The van der Waals surface area contributed by atoms with E-state index >= 15 is 0 Å². The van der Waals surface area contributed by atoms with E-state index in [1.165, 1.54) is 25.5 Å². The summed E-state index contributed by atoms with van der Waals surface area (Å²) in [7, 11) is -3.06. The number of piperazine rings is 1. The summed E-state index contributed by atoms with van der Waals surface area (Å²) in [5.74, 6) is 0. The summed E-state index contributed by atoms with van der Waals surface area (Å²) in [6.07, 6.45) is 7.72. The van der Waals surface area contributed by atoms with Crippen molar-refractivity contribution in [2.75, 3.05) is 32.4 Å². The van der Waals surface area contributed by atoms with Gasteiger partial charge < -0.3 is 5.11 Å². The molecule has 0 aromatic heterocycles. The third-order valence-electron chi connectivity index (χ3n) is 4.41. The number of nitrogens with zero attached hydrogens (tertiary/aromatic N) is 2. The van der Waals surface area contributed by atoms with Crippen molar-refractivity contribution in [3.63, 3.8) is 0 Å². The topological polar surface area (TPSA) is 60.9 Å². The minimum Gasteiger partial charge on any atom is -0.391 e. The Bertz CT molecular complexity index is 377. The third-order valence-corrected chi connectivity index (χ3v) is 5.71. The van der Waals surface area contributed by atoms with Crippen molar-refractivity contribution in [1.29, 1.82) is 0 Å². The highest BCUT2D eigenvalue weighted by Crippen LogP contribution is 2.23. The van der Waals surface area contributed by atoms with Gasteiger partial charge in [0.25, 0.3) is 0 Å². The Balaban J connectivity index is 1.91. The molecule has 0 amide bonds. The van der Waals surface area contributed by atoms with Crippen molar-refractivity contribution in [2.45, 2.75) is 50.7 Å². The molecule has 1 N–H and O–H groups in total. The molecule has 19 heavy (non-hydrogen) atoms. The molecule has 2 aliphatic rings. The van der Waals surface area contributed by atoms with Crippen molar-refractivity contribution in [1.82, 2.24) is 9.21 Å². The first-order valence-electron chi connectivity index (χ1n) is 7.36. The highest BCUT2D eigenvalue weighted by molar-refractivity contribution is 7.88. The Kier molecular flexibility index (Phi) is 5.22. The van der Waals surface area contributed by atoms with Gasteiger partial charge >= 0.3 is 0 Å². The molecular weight excluding hydrogens is 264 g/mol. The van der Waals surface area contributed by atoms with Gasteiger partial charge in [-0.25, -0.2) is 8.42 Å². The van der Waals surface area contributed by atoms with E-state index in [1.807, 2.05) is 0 Å². The monoisotopic (exact) mass is 290 g/mol. The lowest BCUT2D eigenvalue weighted by Crippen LogP contribution is -2.54. The van der Waals surface area contributed by atoms with E-state index in [-0.39, 0.29) is 12.1 Å². The molecule has 2 atom stereocenters. The summed E-state index contributed by atoms with van der Waals surface area (Å²) in [6, 6.07) is 0.224. The number of aliphatic hydroxyl groups excluding tert-OH is 1. The van der Waals surface area contributed by atoms with Gasteiger partial charge in [-0.2, -0.15) is 4.31 Å². The molecule has 1 saturated carbocycles. The summed E-state index contributed by atoms with van der Waals surface area (Å²) >= 11 is 0. The fourth-order valence-electron chi connectivity index (χ4n) is 3.24. The molecule has 0 radical (unpaired) electrons. The highest BCUT2D eigenvalue weighted by atomic mass is 32.2. The second-order valence-corrected chi connectivity index (χ2v) is 7.81. The van der Waals surface area contributed by atoms with Gasteiger partial charge in [-0.3, -0.25) is 4.90 Å². The van der Waals surface area contributed by atoms with Gasteiger partial charge in [0.1, 0.15) is 0 Å². The Hall–Kier alpha value is -0.170. The standard InChI is InChI=1S/C13H26N2O3S/c1-19(17,18)15-10-8-14(9-11-15)12-6-4-2-3-5-7-13(12)16/h12-13,16H,2-11H2,1H3. The summed E-state index contributed by atoms with van der Waals surface area (Å²) in [5.41, 5.74) is 0. The van der Waals surface area contributed by atoms with Crippen LogP contribution in [0.5, 0.6) is 0 Å². The third kappa shape index (κ3) is 4.15. The van der Waals surface area contributed by atoms with Crippen molar-refractivity contribution >= 4 is 10.0 Å². The number of sulfonamides is 1. The zero-order valence-corrected chi connectivity index (χ0v) is 12.6. The largest absolute Gasteiger partial charge is 0.391 e. The van der Waals surface area contributed by atoms with Crippen LogP contribution in [0.1, 0.15) is 38.5 Å². The minimum atomic E-state index is -3.06. The van der Waals surface area contributed by atoms with E-state index in [9.17, 15) is 13.5 Å². The molecule has 112 valence electrons. The average Bonchev–Trinajstić information content (AvgIpc) is 2.34. The molecule has 0 bridgehead atoms. The molecule has 1 aliphatic carbocycles. The number of hydrogen-bond acceptors (Lipinski definition) is 4. The van der Waals surface area contributed by atoms with E-state index in [0.717, 1.165) is 32.4 Å². The van der Waals surface area contributed by atoms with Crippen LogP contribution in [-0.2, 0) is 10.0 Å². The quantitative estimate of drug-likeness (QED) is 0.811. The summed E-state index contributed by atoms with van der Waals surface area (Å²) < 4.78 is 24.5. The maximum atomic E-state index is 11.5. The van der Waals surface area contributed by atoms with Crippen molar-refractivity contribution < 1.29 is 13.5 Å². The molecule has 1 heterocycles. The SMILES string of the molecule is CS(=O)(=O)N1CCN(C2CCCCCCC2O)CC1. The Morgan fingerprint density at radius 2 is 1.53 bits per heavy atom. The first-order valence-corrected chi connectivity index (χ1v) is 9.20. The van der Waals surface area contributed by atoms with Crippen LogP contribution < -0.4 is 0 Å². The minimum absolute atomic E-state index is 0.224. The van der Waals surface area contributed by atoms with Crippen LogP contribution in [0.3, 0.4) is 0 Å². The Morgan fingerprint density at radius 1 is 0.947 bits per heavy atom. The molecular formula is C13H26N2O3S. The van der Waals surface area contributed by atoms with Gasteiger partial charge in [0.2, 0.25) is 10.0 Å². The molecule has 2 unspecified atom stereocenters. The number of rotatable bonds is 2. The van der Waals surface area contributed by atoms with Gasteiger partial charge in [-0.1, -0.05) is 25.7 Å². The Labute approximate surface area is 116 Å². The second kappa shape index (κ2) is 6.52. The molecule has 1 aliphatic heterocycles. The molecule has 0 aromatic carbocycles. The maximum absolute atomic E-state index is 11.5. The van der Waals surface area contributed by atoms with Gasteiger partial charge in [0.05, 0.1) is 12.4 Å². The van der Waals surface area contributed by atoms with Crippen LogP contribution in [0.2, 0.25) is 0 Å². The van der Waals surface area contributed by atoms with Crippen LogP contribution >= 0.6 is 0 Å². The zero-order valence-electron chi connectivity index (χ0n) is 11.8. The van der Waals surface area contributed by atoms with E-state index in [0.29, 0.717) is 13.1 Å². The molecule has 1 saturated heterocycles. The lowest BCUT2D eigenvalue weighted by Gasteiger charge is -2.41. The first-order chi connectivity index (χ1) is 8.98. The van der Waals surface area contributed by atoms with Crippen molar-refractivity contribution in [2.24, 2.45) is 0 Å². The highest BCUT2D eigenvalue weighted by Gasteiger charge is 2.31. The van der Waals surface area contributed by atoms with E-state index in [1.54, 1.807) is 4.31 Å². The Morgan fingerprint density at radius 3 is 2.11 bits per heavy atom. The molecule has 2 fully saturated rings.